The van der Waals surface area contributed by atoms with E-state index in [2.05, 4.69) is 9.98 Å². The largest absolute Gasteiger partial charge is 0.481 e. The number of methoxy groups -OCH3 is 1. The van der Waals surface area contributed by atoms with Crippen molar-refractivity contribution in [3.63, 3.8) is 0 Å². The van der Waals surface area contributed by atoms with Crippen LogP contribution in [0.25, 0.3) is 5.69 Å². The van der Waals surface area contributed by atoms with Gasteiger partial charge >= 0.3 is 5.97 Å². The van der Waals surface area contributed by atoms with Crippen LogP contribution in [0, 0.1) is 13.8 Å². The summed E-state index contributed by atoms with van der Waals surface area (Å²) in [6.45, 7) is 3.94. The first kappa shape index (κ1) is 18.7. The zero-order valence-electron chi connectivity index (χ0n) is 15.1. The number of carbonyl (C=O) groups is 1. The Morgan fingerprint density at radius 3 is 2.63 bits per heavy atom. The molecule has 0 fully saturated rings. The number of hydrogen-bond donors (Lipinski definition) is 1. The zero-order valence-corrected chi connectivity index (χ0v) is 15.9. The minimum Gasteiger partial charge on any atom is -0.481 e. The number of hydrogen-bond acceptors (Lipinski definition) is 4. The molecule has 27 heavy (non-hydrogen) atoms. The monoisotopic (exact) mass is 383 g/mol. The van der Waals surface area contributed by atoms with Crippen molar-refractivity contribution in [2.75, 3.05) is 7.11 Å². The van der Waals surface area contributed by atoms with Crippen LogP contribution in [0.3, 0.4) is 0 Å². The first-order valence-corrected chi connectivity index (χ1v) is 8.54. The maximum Gasteiger partial charge on any atom is 0.337 e. The predicted molar refractivity (Wildman–Crippen MR) is 105 cm³/mol. The Morgan fingerprint density at radius 2 is 2.04 bits per heavy atom. The summed E-state index contributed by atoms with van der Waals surface area (Å²) >= 11 is 6.11. The third-order valence-corrected chi connectivity index (χ3v) is 4.51. The van der Waals surface area contributed by atoms with Crippen molar-refractivity contribution in [3.8, 4) is 11.6 Å². The molecule has 1 aromatic carbocycles. The van der Waals surface area contributed by atoms with Gasteiger partial charge in [-0.3, -0.25) is 4.99 Å². The molecule has 2 aromatic heterocycles. The predicted octanol–water partition coefficient (Wildman–Crippen LogP) is 4.60. The van der Waals surface area contributed by atoms with Crippen LogP contribution in [0.1, 0.15) is 27.3 Å². The minimum atomic E-state index is -1.05. The molecule has 0 spiro atoms. The van der Waals surface area contributed by atoms with E-state index in [1.807, 2.05) is 30.5 Å². The van der Waals surface area contributed by atoms with Crippen LogP contribution in [-0.4, -0.2) is 34.0 Å². The van der Waals surface area contributed by atoms with E-state index < -0.39 is 5.97 Å². The number of ether oxygens (including phenoxy) is 1. The Morgan fingerprint density at radius 1 is 1.26 bits per heavy atom. The van der Waals surface area contributed by atoms with Crippen molar-refractivity contribution in [1.29, 1.82) is 0 Å². The Bertz CT molecular complexity index is 1020. The van der Waals surface area contributed by atoms with Gasteiger partial charge in [0.15, 0.2) is 0 Å². The van der Waals surface area contributed by atoms with Crippen LogP contribution in [0.5, 0.6) is 5.88 Å². The number of carboxylic acids is 1. The third-order valence-electron chi connectivity index (χ3n) is 4.19. The highest BCUT2D eigenvalue weighted by Crippen LogP contribution is 2.25. The van der Waals surface area contributed by atoms with Gasteiger partial charge in [0, 0.05) is 34.9 Å². The van der Waals surface area contributed by atoms with Crippen LogP contribution in [0.15, 0.2) is 47.6 Å². The van der Waals surface area contributed by atoms with E-state index in [-0.39, 0.29) is 10.6 Å². The van der Waals surface area contributed by atoms with Gasteiger partial charge in [-0.15, -0.1) is 0 Å². The molecule has 0 aliphatic rings. The number of halogens is 1. The summed E-state index contributed by atoms with van der Waals surface area (Å²) in [6.07, 6.45) is 3.41. The van der Waals surface area contributed by atoms with Gasteiger partial charge in [-0.1, -0.05) is 11.6 Å². The fourth-order valence-electron chi connectivity index (χ4n) is 2.85. The molecule has 0 bridgehead atoms. The van der Waals surface area contributed by atoms with E-state index in [0.717, 1.165) is 28.3 Å². The third kappa shape index (κ3) is 3.85. The molecule has 2 heterocycles. The van der Waals surface area contributed by atoms with Gasteiger partial charge in [0.1, 0.15) is 0 Å². The van der Waals surface area contributed by atoms with E-state index >= 15 is 0 Å². The van der Waals surface area contributed by atoms with Crippen molar-refractivity contribution in [1.82, 2.24) is 9.55 Å². The van der Waals surface area contributed by atoms with Crippen LogP contribution in [0.4, 0.5) is 5.69 Å². The fourth-order valence-corrected chi connectivity index (χ4v) is 3.10. The highest BCUT2D eigenvalue weighted by atomic mass is 35.5. The second-order valence-electron chi connectivity index (χ2n) is 5.95. The first-order chi connectivity index (χ1) is 12.9. The lowest BCUT2D eigenvalue weighted by Crippen LogP contribution is -2.02. The van der Waals surface area contributed by atoms with Crippen molar-refractivity contribution in [3.05, 3.63) is 70.1 Å². The van der Waals surface area contributed by atoms with Crippen LogP contribution < -0.4 is 4.74 Å². The normalized spacial score (nSPS) is 11.1. The molecule has 0 saturated heterocycles. The number of pyridine rings is 1. The summed E-state index contributed by atoms with van der Waals surface area (Å²) in [5, 5.41) is 9.33. The van der Waals surface area contributed by atoms with Gasteiger partial charge in [-0.05, 0) is 44.2 Å². The number of carboxylic acid groups (broad SMARTS) is 1. The summed E-state index contributed by atoms with van der Waals surface area (Å²) < 4.78 is 7.04. The molecule has 6 nitrogen and oxygen atoms in total. The number of nitrogens with zero attached hydrogens (tertiary/aromatic N) is 3. The molecule has 0 unspecified atom stereocenters. The highest BCUT2D eigenvalue weighted by molar-refractivity contribution is 6.33. The van der Waals surface area contributed by atoms with E-state index in [0.29, 0.717) is 5.88 Å². The Labute approximate surface area is 161 Å². The molecule has 138 valence electrons. The van der Waals surface area contributed by atoms with E-state index in [1.165, 1.54) is 6.07 Å². The summed E-state index contributed by atoms with van der Waals surface area (Å²) in [5.74, 6) is -0.512. The topological polar surface area (TPSA) is 76.7 Å². The number of rotatable bonds is 5. The maximum absolute atomic E-state index is 11.1. The molecule has 7 heteroatoms. The smallest absolute Gasteiger partial charge is 0.337 e. The molecular weight excluding hydrogens is 366 g/mol. The number of benzene rings is 1. The zero-order chi connectivity index (χ0) is 19.6. The molecule has 0 aliphatic carbocycles. The Kier molecular flexibility index (Phi) is 5.28. The van der Waals surface area contributed by atoms with E-state index in [4.69, 9.17) is 21.4 Å². The summed E-state index contributed by atoms with van der Waals surface area (Å²) in [4.78, 5) is 19.7. The van der Waals surface area contributed by atoms with Crippen molar-refractivity contribution in [2.24, 2.45) is 4.99 Å². The molecule has 0 saturated carbocycles. The van der Waals surface area contributed by atoms with Crippen molar-refractivity contribution < 1.29 is 14.6 Å². The molecule has 3 rings (SSSR count). The van der Waals surface area contributed by atoms with Gasteiger partial charge in [-0.2, -0.15) is 0 Å². The van der Waals surface area contributed by atoms with Crippen molar-refractivity contribution in [2.45, 2.75) is 13.8 Å². The van der Waals surface area contributed by atoms with Gasteiger partial charge in [0.05, 0.1) is 29.6 Å². The second kappa shape index (κ2) is 7.63. The Hall–Kier alpha value is -3.12. The van der Waals surface area contributed by atoms with E-state index in [9.17, 15) is 4.79 Å². The lowest BCUT2D eigenvalue weighted by Gasteiger charge is -2.11. The summed E-state index contributed by atoms with van der Waals surface area (Å²) in [7, 11) is 1.56. The SMILES string of the molecule is COc1ccc(N=Cc2cc(C)n(-c3ccc(C(=O)O)c(Cl)c3)c2C)cn1. The fraction of sp³-hybridized carbons (Fsp3) is 0.150. The molecule has 0 atom stereocenters. The average molecular weight is 384 g/mol. The summed E-state index contributed by atoms with van der Waals surface area (Å²) in [6, 6.07) is 10.5. The van der Waals surface area contributed by atoms with Gasteiger partial charge in [0.2, 0.25) is 5.88 Å². The number of aryl methyl sites for hydroxylation is 1. The first-order valence-electron chi connectivity index (χ1n) is 8.17. The maximum atomic E-state index is 11.1. The molecule has 0 amide bonds. The second-order valence-corrected chi connectivity index (χ2v) is 6.36. The minimum absolute atomic E-state index is 0.0803. The van der Waals surface area contributed by atoms with Crippen LogP contribution in [0.2, 0.25) is 5.02 Å². The quantitative estimate of drug-likeness (QED) is 0.653. The van der Waals surface area contributed by atoms with E-state index in [1.54, 1.807) is 37.7 Å². The van der Waals surface area contributed by atoms with Gasteiger partial charge in [0.25, 0.3) is 0 Å². The number of aliphatic imine (C=N–C) groups is 1. The Balaban J connectivity index is 1.93. The number of aromatic nitrogens is 2. The summed E-state index contributed by atoms with van der Waals surface area (Å²) in [5.41, 5.74) is 4.50. The molecule has 0 aliphatic heterocycles. The van der Waals surface area contributed by atoms with Gasteiger partial charge in [-0.25, -0.2) is 9.78 Å². The van der Waals surface area contributed by atoms with Crippen molar-refractivity contribution >= 4 is 29.5 Å². The standard InChI is InChI=1S/C20H18ClN3O3/c1-12-8-14(10-22-15-4-7-19(27-3)23-11-15)13(2)24(12)16-5-6-17(20(25)26)18(21)9-16/h4-11H,1-3H3,(H,25,26). The molecular formula is C20H18ClN3O3. The van der Waals surface area contributed by atoms with Crippen LogP contribution >= 0.6 is 11.6 Å². The average Bonchev–Trinajstić information content (AvgIpc) is 2.93. The van der Waals surface area contributed by atoms with Crippen LogP contribution in [-0.2, 0) is 0 Å². The highest BCUT2D eigenvalue weighted by Gasteiger charge is 2.13. The molecule has 3 aromatic rings. The lowest BCUT2D eigenvalue weighted by molar-refractivity contribution is 0.0697. The number of aromatic carboxylic acids is 1. The lowest BCUT2D eigenvalue weighted by atomic mass is 10.2. The molecule has 1 N–H and O–H groups in total. The molecule has 0 radical (unpaired) electrons. The van der Waals surface area contributed by atoms with Gasteiger partial charge < -0.3 is 14.4 Å².